The standard InChI is InChI=1S/C15H11NO3S.C5H9NO5/c1-18-14-5-3-2-4-13(14)15(17)19-11-6-8-12(9-7-11)20-10-16;7-5-10-3-1-2-4-11-6(8)9/h2-9H,1H3;5H,1-4H2. The molecule has 2 rings (SSSR count). The average Bonchev–Trinajstić information content (AvgIpc) is 2.78. The summed E-state index contributed by atoms with van der Waals surface area (Å²) in [6, 6.07) is 13.6. The highest BCUT2D eigenvalue weighted by atomic mass is 32.2. The fourth-order valence-electron chi connectivity index (χ4n) is 2.08. The molecule has 0 atom stereocenters. The molecular weight excluding hydrogens is 428 g/mol. The SMILES string of the molecule is COc1ccccc1C(=O)Oc1ccc(SC#N)cc1.O=COCCCCO[N+](=O)[O-]. The molecule has 2 aromatic rings. The molecule has 0 aliphatic heterocycles. The van der Waals surface area contributed by atoms with Gasteiger partial charge in [-0.05, 0) is 61.0 Å². The van der Waals surface area contributed by atoms with Gasteiger partial charge < -0.3 is 19.0 Å². The molecule has 0 bridgehead atoms. The van der Waals surface area contributed by atoms with Crippen LogP contribution in [0, 0.1) is 20.8 Å². The van der Waals surface area contributed by atoms with Gasteiger partial charge >= 0.3 is 5.97 Å². The lowest BCUT2D eigenvalue weighted by Gasteiger charge is -2.08. The Morgan fingerprint density at radius 3 is 2.45 bits per heavy atom. The molecule has 0 heterocycles. The Morgan fingerprint density at radius 2 is 1.84 bits per heavy atom. The number of nitrogens with zero attached hydrogens (tertiary/aromatic N) is 2. The highest BCUT2D eigenvalue weighted by Gasteiger charge is 2.13. The molecule has 164 valence electrons. The van der Waals surface area contributed by atoms with E-state index in [9.17, 15) is 19.7 Å². The Bertz CT molecular complexity index is 883. The van der Waals surface area contributed by atoms with Crippen molar-refractivity contribution in [1.29, 1.82) is 5.26 Å². The first kappa shape index (κ1) is 25.3. The third kappa shape index (κ3) is 10.5. The molecule has 0 radical (unpaired) electrons. The van der Waals surface area contributed by atoms with Crippen molar-refractivity contribution in [3.63, 3.8) is 0 Å². The Labute approximate surface area is 182 Å². The number of rotatable bonds is 11. The van der Waals surface area contributed by atoms with E-state index in [2.05, 4.69) is 9.57 Å². The van der Waals surface area contributed by atoms with Crippen LogP contribution < -0.4 is 9.47 Å². The maximum absolute atomic E-state index is 12.0. The van der Waals surface area contributed by atoms with Gasteiger partial charge in [0.15, 0.2) is 0 Å². The lowest BCUT2D eigenvalue weighted by atomic mass is 10.2. The van der Waals surface area contributed by atoms with Crippen molar-refractivity contribution in [3.05, 3.63) is 64.2 Å². The average molecular weight is 448 g/mol. The fourth-order valence-corrected chi connectivity index (χ4v) is 2.46. The van der Waals surface area contributed by atoms with Crippen LogP contribution in [0.4, 0.5) is 0 Å². The first-order valence-corrected chi connectivity index (χ1v) is 9.67. The summed E-state index contributed by atoms with van der Waals surface area (Å²) in [7, 11) is 1.50. The number of esters is 1. The second kappa shape index (κ2) is 15.1. The summed E-state index contributed by atoms with van der Waals surface area (Å²) in [5.74, 6) is 0.403. The third-order valence-electron chi connectivity index (χ3n) is 3.45. The van der Waals surface area contributed by atoms with Gasteiger partial charge in [0.25, 0.3) is 11.6 Å². The number of carbonyl (C=O) groups is 2. The number of para-hydroxylation sites is 1. The van der Waals surface area contributed by atoms with Crippen LogP contribution in [0.2, 0.25) is 0 Å². The van der Waals surface area contributed by atoms with Crippen LogP contribution in [0.3, 0.4) is 0 Å². The minimum Gasteiger partial charge on any atom is -0.496 e. The van der Waals surface area contributed by atoms with Gasteiger partial charge in [-0.15, -0.1) is 10.1 Å². The quantitative estimate of drug-likeness (QED) is 0.0732. The topological polar surface area (TPSA) is 138 Å². The molecular formula is C20H20N2O8S. The van der Waals surface area contributed by atoms with Crippen LogP contribution in [0.5, 0.6) is 11.5 Å². The van der Waals surface area contributed by atoms with Crippen molar-refractivity contribution in [2.75, 3.05) is 20.3 Å². The predicted molar refractivity (Wildman–Crippen MR) is 110 cm³/mol. The molecule has 0 unspecified atom stereocenters. The van der Waals surface area contributed by atoms with E-state index < -0.39 is 11.1 Å². The zero-order chi connectivity index (χ0) is 22.9. The molecule has 11 heteroatoms. The Balaban J connectivity index is 0.000000373. The van der Waals surface area contributed by atoms with E-state index >= 15 is 0 Å². The number of thiocyanates is 1. The van der Waals surface area contributed by atoms with Crippen molar-refractivity contribution in [3.8, 4) is 16.9 Å². The summed E-state index contributed by atoms with van der Waals surface area (Å²) < 4.78 is 14.7. The zero-order valence-electron chi connectivity index (χ0n) is 16.6. The normalized spacial score (nSPS) is 9.29. The monoisotopic (exact) mass is 448 g/mol. The second-order valence-corrected chi connectivity index (χ2v) is 6.34. The zero-order valence-corrected chi connectivity index (χ0v) is 17.4. The van der Waals surface area contributed by atoms with Crippen LogP contribution >= 0.6 is 11.8 Å². The van der Waals surface area contributed by atoms with Crippen molar-refractivity contribution in [2.24, 2.45) is 0 Å². The van der Waals surface area contributed by atoms with E-state index in [0.29, 0.717) is 36.4 Å². The maximum Gasteiger partial charge on any atom is 0.347 e. The molecule has 0 N–H and O–H groups in total. The first-order valence-electron chi connectivity index (χ1n) is 8.85. The van der Waals surface area contributed by atoms with Gasteiger partial charge in [0.1, 0.15) is 22.5 Å². The minimum atomic E-state index is -0.847. The number of carbonyl (C=O) groups excluding carboxylic acids is 2. The number of nitriles is 1. The summed E-state index contributed by atoms with van der Waals surface area (Å²) in [5.41, 5.74) is 0.366. The molecule has 0 amide bonds. The van der Waals surface area contributed by atoms with Gasteiger partial charge in [-0.2, -0.15) is 5.26 Å². The number of thioether (sulfide) groups is 1. The van der Waals surface area contributed by atoms with Crippen LogP contribution in [0.15, 0.2) is 53.4 Å². The van der Waals surface area contributed by atoms with E-state index in [0.717, 1.165) is 16.7 Å². The molecule has 0 saturated carbocycles. The van der Waals surface area contributed by atoms with E-state index in [1.165, 1.54) is 7.11 Å². The van der Waals surface area contributed by atoms with Crippen LogP contribution in [-0.2, 0) is 14.4 Å². The van der Waals surface area contributed by atoms with E-state index in [-0.39, 0.29) is 13.2 Å². The van der Waals surface area contributed by atoms with E-state index in [4.69, 9.17) is 14.7 Å². The van der Waals surface area contributed by atoms with Gasteiger partial charge in [0.2, 0.25) is 0 Å². The lowest BCUT2D eigenvalue weighted by molar-refractivity contribution is -0.757. The smallest absolute Gasteiger partial charge is 0.347 e. The number of methoxy groups -OCH3 is 1. The molecule has 0 aromatic heterocycles. The highest BCUT2D eigenvalue weighted by Crippen LogP contribution is 2.23. The van der Waals surface area contributed by atoms with Gasteiger partial charge in [0.05, 0.1) is 20.3 Å². The lowest BCUT2D eigenvalue weighted by Crippen LogP contribution is -2.09. The number of ether oxygens (including phenoxy) is 3. The van der Waals surface area contributed by atoms with E-state index in [1.807, 2.05) is 5.40 Å². The van der Waals surface area contributed by atoms with Crippen LogP contribution in [-0.4, -0.2) is 37.9 Å². The van der Waals surface area contributed by atoms with Gasteiger partial charge in [-0.1, -0.05) is 12.1 Å². The number of hydrogen-bond donors (Lipinski definition) is 0. The first-order chi connectivity index (χ1) is 15.0. The fraction of sp³-hybridized carbons (Fsp3) is 0.250. The van der Waals surface area contributed by atoms with Crippen molar-refractivity contribution < 1.29 is 33.7 Å². The van der Waals surface area contributed by atoms with E-state index in [1.54, 1.807) is 48.5 Å². The third-order valence-corrected chi connectivity index (χ3v) is 4.05. The summed E-state index contributed by atoms with van der Waals surface area (Å²) in [4.78, 5) is 36.0. The molecule has 0 aliphatic rings. The number of benzene rings is 2. The molecule has 0 saturated heterocycles. The Hall–Kier alpha value is -3.78. The van der Waals surface area contributed by atoms with Crippen molar-refractivity contribution in [1.82, 2.24) is 0 Å². The summed E-state index contributed by atoms with van der Waals surface area (Å²) in [6.07, 6.45) is 1.08. The molecule has 2 aromatic carbocycles. The molecule has 31 heavy (non-hydrogen) atoms. The van der Waals surface area contributed by atoms with Crippen molar-refractivity contribution in [2.45, 2.75) is 17.7 Å². The van der Waals surface area contributed by atoms with Crippen molar-refractivity contribution >= 4 is 24.2 Å². The molecule has 10 nitrogen and oxygen atoms in total. The summed E-state index contributed by atoms with van der Waals surface area (Å²) in [5, 5.41) is 19.3. The molecule has 0 aliphatic carbocycles. The maximum atomic E-state index is 12.0. The summed E-state index contributed by atoms with van der Waals surface area (Å²) in [6.45, 7) is 0.675. The van der Waals surface area contributed by atoms with Gasteiger partial charge in [-0.3, -0.25) is 4.79 Å². The number of hydrogen-bond acceptors (Lipinski definition) is 10. The molecule has 0 fully saturated rings. The number of unbranched alkanes of at least 4 members (excludes halogenated alkanes) is 1. The van der Waals surface area contributed by atoms with Crippen LogP contribution in [0.25, 0.3) is 0 Å². The summed E-state index contributed by atoms with van der Waals surface area (Å²) >= 11 is 1.05. The Morgan fingerprint density at radius 1 is 1.16 bits per heavy atom. The second-order valence-electron chi connectivity index (χ2n) is 5.49. The largest absolute Gasteiger partial charge is 0.496 e. The Kier molecular flexibility index (Phi) is 12.3. The minimum absolute atomic E-state index is 0.0508. The highest BCUT2D eigenvalue weighted by molar-refractivity contribution is 8.03. The van der Waals surface area contributed by atoms with Gasteiger partial charge in [-0.25, -0.2) is 4.79 Å². The van der Waals surface area contributed by atoms with Crippen LogP contribution in [0.1, 0.15) is 23.2 Å². The molecule has 0 spiro atoms. The van der Waals surface area contributed by atoms with Gasteiger partial charge in [0, 0.05) is 4.90 Å². The predicted octanol–water partition coefficient (Wildman–Crippen LogP) is 3.64.